The van der Waals surface area contributed by atoms with Crippen molar-refractivity contribution in [2.75, 3.05) is 26.2 Å². The summed E-state index contributed by atoms with van der Waals surface area (Å²) >= 11 is 0. The highest BCUT2D eigenvalue weighted by Crippen LogP contribution is 2.22. The highest BCUT2D eigenvalue weighted by Gasteiger charge is 2.31. The van der Waals surface area contributed by atoms with Gasteiger partial charge in [-0.1, -0.05) is 13.8 Å². The van der Waals surface area contributed by atoms with E-state index >= 15 is 0 Å². The van der Waals surface area contributed by atoms with E-state index < -0.39 is 0 Å². The fourth-order valence-corrected chi connectivity index (χ4v) is 2.79. The number of carbonyl (C=O) groups excluding carboxylic acids is 1. The van der Waals surface area contributed by atoms with Gasteiger partial charge in [-0.05, 0) is 38.6 Å². The third kappa shape index (κ3) is 5.37. The monoisotopic (exact) mass is 272 g/mol. The van der Waals surface area contributed by atoms with Gasteiger partial charge in [-0.25, -0.2) is 4.79 Å². The number of nitrogens with zero attached hydrogens (tertiary/aromatic N) is 1. The molecule has 0 spiro atoms. The van der Waals surface area contributed by atoms with Gasteiger partial charge < -0.3 is 20.1 Å². The number of likely N-dealkylation sites (tertiary alicyclic amines) is 1. The van der Waals surface area contributed by atoms with E-state index in [4.69, 9.17) is 4.74 Å². The molecule has 0 radical (unpaired) electrons. The van der Waals surface area contributed by atoms with E-state index in [1.54, 1.807) is 6.92 Å². The molecule has 0 aromatic rings. The Balaban J connectivity index is 2.56. The van der Waals surface area contributed by atoms with Crippen LogP contribution in [0.25, 0.3) is 0 Å². The number of ether oxygens (including phenoxy) is 1. The van der Waals surface area contributed by atoms with Gasteiger partial charge in [0.1, 0.15) is 0 Å². The van der Waals surface area contributed by atoms with Crippen LogP contribution in [-0.4, -0.2) is 54.5 Å². The number of carbonyl (C=O) groups is 1. The predicted octanol–water partition coefficient (Wildman–Crippen LogP) is 1.60. The molecule has 1 amide bonds. The Bertz CT molecular complexity index is 273. The minimum Gasteiger partial charge on any atom is -0.450 e. The van der Waals surface area contributed by atoms with Crippen LogP contribution in [0.5, 0.6) is 0 Å². The maximum atomic E-state index is 11.5. The van der Waals surface area contributed by atoms with Crippen LogP contribution in [0.2, 0.25) is 0 Å². The van der Waals surface area contributed by atoms with Crippen molar-refractivity contribution in [3.63, 3.8) is 0 Å². The quantitative estimate of drug-likeness (QED) is 0.771. The fraction of sp³-hybridized carbons (Fsp3) is 0.929. The minimum atomic E-state index is -0.351. The maximum absolute atomic E-state index is 11.5. The number of amides is 1. The molecule has 1 aliphatic heterocycles. The highest BCUT2D eigenvalue weighted by molar-refractivity contribution is 5.67. The molecule has 1 rings (SSSR count). The second-order valence-electron chi connectivity index (χ2n) is 5.29. The second-order valence-corrected chi connectivity index (χ2v) is 5.29. The lowest BCUT2D eigenvalue weighted by Gasteiger charge is -2.39. The van der Waals surface area contributed by atoms with E-state index in [0.29, 0.717) is 6.61 Å². The molecule has 1 heterocycles. The summed E-state index contributed by atoms with van der Waals surface area (Å²) in [6.07, 6.45) is 2.04. The lowest BCUT2D eigenvalue weighted by Crippen LogP contribution is -2.53. The minimum absolute atomic E-state index is 0.0746. The number of aliphatic hydroxyl groups is 1. The van der Waals surface area contributed by atoms with Crippen LogP contribution in [0.15, 0.2) is 0 Å². The molecule has 0 aromatic carbocycles. The molecule has 0 saturated carbocycles. The Morgan fingerprint density at radius 3 is 2.74 bits per heavy atom. The summed E-state index contributed by atoms with van der Waals surface area (Å²) in [5.74, 6) is 0.234. The second kappa shape index (κ2) is 8.38. The molecule has 1 fully saturated rings. The zero-order valence-electron chi connectivity index (χ0n) is 12.4. The number of hydrogen-bond donors (Lipinski definition) is 2. The summed E-state index contributed by atoms with van der Waals surface area (Å²) < 4.78 is 4.93. The van der Waals surface area contributed by atoms with Gasteiger partial charge in [0.05, 0.1) is 12.7 Å². The van der Waals surface area contributed by atoms with Gasteiger partial charge in [0, 0.05) is 19.1 Å². The smallest absolute Gasteiger partial charge is 0.407 e. The summed E-state index contributed by atoms with van der Waals surface area (Å²) in [5.41, 5.74) is 0. The van der Waals surface area contributed by atoms with Gasteiger partial charge in [0.15, 0.2) is 0 Å². The molecule has 112 valence electrons. The molecular formula is C14H28N2O3. The van der Waals surface area contributed by atoms with Crippen molar-refractivity contribution in [3.8, 4) is 0 Å². The first-order valence-electron chi connectivity index (χ1n) is 7.44. The zero-order valence-corrected chi connectivity index (χ0v) is 12.4. The Morgan fingerprint density at radius 2 is 2.16 bits per heavy atom. The molecule has 0 aliphatic carbocycles. The average Bonchev–Trinajstić information content (AvgIpc) is 2.38. The van der Waals surface area contributed by atoms with E-state index in [1.165, 1.54) is 0 Å². The van der Waals surface area contributed by atoms with Crippen LogP contribution in [0, 0.1) is 5.92 Å². The van der Waals surface area contributed by atoms with Gasteiger partial charge >= 0.3 is 6.09 Å². The average molecular weight is 272 g/mol. The van der Waals surface area contributed by atoms with Gasteiger partial charge in [-0.3, -0.25) is 0 Å². The largest absolute Gasteiger partial charge is 0.450 e. The fourth-order valence-electron chi connectivity index (χ4n) is 2.79. The van der Waals surface area contributed by atoms with Crippen LogP contribution >= 0.6 is 0 Å². The van der Waals surface area contributed by atoms with Crippen LogP contribution in [0.3, 0.4) is 0 Å². The zero-order chi connectivity index (χ0) is 14.3. The van der Waals surface area contributed by atoms with Crippen molar-refractivity contribution in [3.05, 3.63) is 0 Å². The Kier molecular flexibility index (Phi) is 7.16. The molecule has 5 nitrogen and oxygen atoms in total. The molecule has 0 bridgehead atoms. The first-order chi connectivity index (χ1) is 9.10. The standard InChI is InChI=1S/C14H28N2O3/c1-4-7-16-9-11(13(17)5-2)8-12(10-16)15-14(18)19-6-3/h11-13,17H,4-10H2,1-3H3,(H,15,18). The molecule has 2 N–H and O–H groups in total. The third-order valence-corrected chi connectivity index (χ3v) is 3.66. The Labute approximate surface area is 116 Å². The van der Waals surface area contributed by atoms with Crippen LogP contribution in [-0.2, 0) is 4.74 Å². The number of rotatable bonds is 6. The first-order valence-corrected chi connectivity index (χ1v) is 7.44. The van der Waals surface area contributed by atoms with Crippen molar-refractivity contribution in [1.82, 2.24) is 10.2 Å². The van der Waals surface area contributed by atoms with E-state index in [-0.39, 0.29) is 24.2 Å². The van der Waals surface area contributed by atoms with Gasteiger partial charge in [-0.2, -0.15) is 0 Å². The van der Waals surface area contributed by atoms with E-state index in [9.17, 15) is 9.90 Å². The molecule has 3 unspecified atom stereocenters. The number of piperidine rings is 1. The number of nitrogens with one attached hydrogen (secondary N) is 1. The van der Waals surface area contributed by atoms with E-state index in [0.717, 1.165) is 38.9 Å². The number of hydrogen-bond acceptors (Lipinski definition) is 4. The third-order valence-electron chi connectivity index (χ3n) is 3.66. The predicted molar refractivity (Wildman–Crippen MR) is 75.1 cm³/mol. The molecular weight excluding hydrogens is 244 g/mol. The number of alkyl carbamates (subject to hydrolysis) is 1. The summed E-state index contributed by atoms with van der Waals surface area (Å²) in [6, 6.07) is 0.0746. The summed E-state index contributed by atoms with van der Waals surface area (Å²) in [6.45, 7) is 9.11. The Morgan fingerprint density at radius 1 is 1.42 bits per heavy atom. The lowest BCUT2D eigenvalue weighted by atomic mass is 9.88. The summed E-state index contributed by atoms with van der Waals surface area (Å²) in [4.78, 5) is 13.8. The SMILES string of the molecule is CCCN1CC(NC(=O)OCC)CC(C(O)CC)C1. The van der Waals surface area contributed by atoms with Crippen molar-refractivity contribution >= 4 is 6.09 Å². The molecule has 1 aliphatic rings. The van der Waals surface area contributed by atoms with Gasteiger partial charge in [0.25, 0.3) is 0 Å². The molecule has 0 aromatic heterocycles. The molecule has 1 saturated heterocycles. The summed E-state index contributed by atoms with van der Waals surface area (Å²) in [5, 5.41) is 13.0. The summed E-state index contributed by atoms with van der Waals surface area (Å²) in [7, 11) is 0. The highest BCUT2D eigenvalue weighted by atomic mass is 16.5. The lowest BCUT2D eigenvalue weighted by molar-refractivity contribution is 0.0346. The molecule has 5 heteroatoms. The van der Waals surface area contributed by atoms with Crippen molar-refractivity contribution in [1.29, 1.82) is 0 Å². The Hall–Kier alpha value is -0.810. The van der Waals surface area contributed by atoms with Crippen LogP contribution in [0.4, 0.5) is 4.79 Å². The molecule has 19 heavy (non-hydrogen) atoms. The van der Waals surface area contributed by atoms with E-state index in [1.807, 2.05) is 6.92 Å². The molecule has 3 atom stereocenters. The van der Waals surface area contributed by atoms with Crippen molar-refractivity contribution in [2.45, 2.75) is 52.2 Å². The maximum Gasteiger partial charge on any atom is 0.407 e. The van der Waals surface area contributed by atoms with Crippen molar-refractivity contribution in [2.24, 2.45) is 5.92 Å². The van der Waals surface area contributed by atoms with Crippen LogP contribution in [0.1, 0.15) is 40.0 Å². The first kappa shape index (κ1) is 16.2. The normalized spacial score (nSPS) is 25.9. The van der Waals surface area contributed by atoms with E-state index in [2.05, 4.69) is 17.1 Å². The van der Waals surface area contributed by atoms with Gasteiger partial charge in [-0.15, -0.1) is 0 Å². The number of aliphatic hydroxyl groups excluding tert-OH is 1. The van der Waals surface area contributed by atoms with Crippen LogP contribution < -0.4 is 5.32 Å². The van der Waals surface area contributed by atoms with Crippen molar-refractivity contribution < 1.29 is 14.6 Å². The topological polar surface area (TPSA) is 61.8 Å². The van der Waals surface area contributed by atoms with Gasteiger partial charge in [0.2, 0.25) is 0 Å².